The molecule has 0 unspecified atom stereocenters. The molecule has 2 fully saturated rings. The summed E-state index contributed by atoms with van der Waals surface area (Å²) in [5, 5.41) is 3.16. The van der Waals surface area contributed by atoms with E-state index in [0.717, 1.165) is 45.8 Å². The minimum absolute atomic E-state index is 0. The molecule has 0 amide bonds. The third-order valence-electron chi connectivity index (χ3n) is 5.92. The molecule has 2 aromatic carbocycles. The zero-order chi connectivity index (χ0) is 23.7. The van der Waals surface area contributed by atoms with Crippen molar-refractivity contribution in [3.05, 3.63) is 71.8 Å². The molecule has 2 saturated heterocycles. The number of ether oxygens (including phenoxy) is 2. The van der Waals surface area contributed by atoms with E-state index >= 15 is 0 Å². The first-order valence-electron chi connectivity index (χ1n) is 13.1. The van der Waals surface area contributed by atoms with Gasteiger partial charge in [-0.25, -0.2) is 0 Å². The van der Waals surface area contributed by atoms with Gasteiger partial charge in [0.2, 0.25) is 0 Å². The summed E-state index contributed by atoms with van der Waals surface area (Å²) >= 11 is 0. The molecule has 2 aliphatic rings. The van der Waals surface area contributed by atoms with Gasteiger partial charge in [0.15, 0.2) is 0 Å². The second kappa shape index (κ2) is 18.8. The standard InChI is InChI=1S/C20H25NO.C7H15NO.C2H6.ClH/c1-2-3-14-22-19-15-21(16-19)20(17-10-6-4-7-11-17)18-12-8-5-9-13-18;1-2-3-4-9-7-5-8-6-7;1-2;/h4-13,19-20H,2-3,14-16H2,1H3;7-8H,2-6H2,1H3;1-2H3;1H. The van der Waals surface area contributed by atoms with Crippen molar-refractivity contribution in [2.24, 2.45) is 0 Å². The normalized spacial score (nSPS) is 15.7. The van der Waals surface area contributed by atoms with Gasteiger partial charge in [0, 0.05) is 39.4 Å². The van der Waals surface area contributed by atoms with Crippen molar-refractivity contribution in [1.29, 1.82) is 0 Å². The highest BCUT2D eigenvalue weighted by Gasteiger charge is 2.34. The van der Waals surface area contributed by atoms with E-state index in [9.17, 15) is 0 Å². The topological polar surface area (TPSA) is 33.7 Å². The van der Waals surface area contributed by atoms with Gasteiger partial charge in [-0.15, -0.1) is 12.4 Å². The summed E-state index contributed by atoms with van der Waals surface area (Å²) in [4.78, 5) is 2.52. The Hall–Kier alpha value is -1.43. The van der Waals surface area contributed by atoms with Crippen molar-refractivity contribution >= 4 is 12.4 Å². The second-order valence-electron chi connectivity index (χ2n) is 8.53. The monoisotopic (exact) mass is 490 g/mol. The van der Waals surface area contributed by atoms with Crippen molar-refractivity contribution in [2.75, 3.05) is 39.4 Å². The molecule has 4 rings (SSSR count). The van der Waals surface area contributed by atoms with Crippen LogP contribution in [0.1, 0.15) is 70.5 Å². The Morgan fingerprint density at radius 1 is 0.765 bits per heavy atom. The van der Waals surface area contributed by atoms with E-state index < -0.39 is 0 Å². The largest absolute Gasteiger partial charge is 0.376 e. The highest BCUT2D eigenvalue weighted by molar-refractivity contribution is 5.85. The summed E-state index contributed by atoms with van der Waals surface area (Å²) in [6.45, 7) is 14.4. The maximum absolute atomic E-state index is 5.93. The lowest BCUT2D eigenvalue weighted by Crippen LogP contribution is -2.53. The quantitative estimate of drug-likeness (QED) is 0.364. The number of halogens is 1. The molecule has 5 heteroatoms. The molecule has 0 radical (unpaired) electrons. The zero-order valence-electron chi connectivity index (χ0n) is 21.7. The third-order valence-corrected chi connectivity index (χ3v) is 5.92. The average molecular weight is 491 g/mol. The number of hydrogen-bond donors (Lipinski definition) is 1. The van der Waals surface area contributed by atoms with E-state index in [1.54, 1.807) is 0 Å². The van der Waals surface area contributed by atoms with E-state index in [1.165, 1.54) is 30.4 Å². The van der Waals surface area contributed by atoms with Gasteiger partial charge in [-0.05, 0) is 24.0 Å². The van der Waals surface area contributed by atoms with E-state index in [1.807, 2.05) is 13.8 Å². The van der Waals surface area contributed by atoms with Crippen LogP contribution in [0.4, 0.5) is 0 Å². The minimum Gasteiger partial charge on any atom is -0.376 e. The molecule has 1 N–H and O–H groups in total. The van der Waals surface area contributed by atoms with Crippen LogP contribution >= 0.6 is 12.4 Å². The molecule has 0 bridgehead atoms. The molecule has 4 nitrogen and oxygen atoms in total. The number of benzene rings is 2. The number of likely N-dealkylation sites (tertiary alicyclic amines) is 1. The fraction of sp³-hybridized carbons (Fsp3) is 0.586. The van der Waals surface area contributed by atoms with Crippen LogP contribution in [0.2, 0.25) is 0 Å². The number of unbranched alkanes of at least 4 members (excludes halogenated alkanes) is 2. The van der Waals surface area contributed by atoms with Gasteiger partial charge < -0.3 is 14.8 Å². The van der Waals surface area contributed by atoms with E-state index in [-0.39, 0.29) is 12.4 Å². The molecule has 0 atom stereocenters. The first kappa shape index (κ1) is 30.6. The fourth-order valence-electron chi connectivity index (χ4n) is 3.84. The number of nitrogens with zero attached hydrogens (tertiary/aromatic N) is 1. The van der Waals surface area contributed by atoms with E-state index in [2.05, 4.69) is 84.7 Å². The summed E-state index contributed by atoms with van der Waals surface area (Å²) < 4.78 is 11.4. The number of hydrogen-bond acceptors (Lipinski definition) is 4. The first-order chi connectivity index (χ1) is 16.3. The molecule has 0 spiro atoms. The van der Waals surface area contributed by atoms with Crippen molar-refractivity contribution in [3.8, 4) is 0 Å². The van der Waals surface area contributed by atoms with Crippen LogP contribution in [0.3, 0.4) is 0 Å². The number of rotatable bonds is 11. The molecular formula is C29H47ClN2O2. The molecule has 34 heavy (non-hydrogen) atoms. The van der Waals surface area contributed by atoms with Gasteiger partial charge in [-0.1, -0.05) is 101 Å². The smallest absolute Gasteiger partial charge is 0.0829 e. The van der Waals surface area contributed by atoms with E-state index in [4.69, 9.17) is 9.47 Å². The van der Waals surface area contributed by atoms with Crippen molar-refractivity contribution in [1.82, 2.24) is 10.2 Å². The van der Waals surface area contributed by atoms with Crippen LogP contribution in [0, 0.1) is 0 Å². The maximum Gasteiger partial charge on any atom is 0.0829 e. The average Bonchev–Trinajstić information content (AvgIpc) is 2.82. The van der Waals surface area contributed by atoms with Gasteiger partial charge >= 0.3 is 0 Å². The van der Waals surface area contributed by atoms with Gasteiger partial charge in [0.05, 0.1) is 18.2 Å². The zero-order valence-corrected chi connectivity index (χ0v) is 22.6. The van der Waals surface area contributed by atoms with Crippen molar-refractivity contribution in [3.63, 3.8) is 0 Å². The molecule has 0 aliphatic carbocycles. The molecule has 192 valence electrons. The first-order valence-corrected chi connectivity index (χ1v) is 13.1. The highest BCUT2D eigenvalue weighted by atomic mass is 35.5. The Balaban J connectivity index is 0.000000407. The van der Waals surface area contributed by atoms with Crippen molar-refractivity contribution < 1.29 is 9.47 Å². The lowest BCUT2D eigenvalue weighted by atomic mass is 9.94. The lowest BCUT2D eigenvalue weighted by Gasteiger charge is -2.44. The van der Waals surface area contributed by atoms with Gasteiger partial charge in [-0.3, -0.25) is 4.90 Å². The van der Waals surface area contributed by atoms with Gasteiger partial charge in [0.1, 0.15) is 0 Å². The predicted molar refractivity (Wildman–Crippen MR) is 147 cm³/mol. The Kier molecular flexibility index (Phi) is 17.0. The predicted octanol–water partition coefficient (Wildman–Crippen LogP) is 6.50. The molecule has 0 saturated carbocycles. The maximum atomic E-state index is 5.93. The molecule has 2 heterocycles. The van der Waals surface area contributed by atoms with E-state index in [0.29, 0.717) is 18.2 Å². The summed E-state index contributed by atoms with van der Waals surface area (Å²) in [7, 11) is 0. The molecular weight excluding hydrogens is 444 g/mol. The van der Waals surface area contributed by atoms with Gasteiger partial charge in [-0.2, -0.15) is 0 Å². The molecule has 2 aliphatic heterocycles. The van der Waals surface area contributed by atoms with Crippen LogP contribution in [-0.2, 0) is 9.47 Å². The third kappa shape index (κ3) is 10.5. The summed E-state index contributed by atoms with van der Waals surface area (Å²) in [5.74, 6) is 0. The van der Waals surface area contributed by atoms with Gasteiger partial charge in [0.25, 0.3) is 0 Å². The Bertz CT molecular complexity index is 667. The Labute approximate surface area is 214 Å². The summed E-state index contributed by atoms with van der Waals surface area (Å²) in [6.07, 6.45) is 5.74. The molecule has 0 aromatic heterocycles. The highest BCUT2D eigenvalue weighted by Crippen LogP contribution is 2.32. The van der Waals surface area contributed by atoms with Crippen molar-refractivity contribution in [2.45, 2.75) is 71.6 Å². The fourth-order valence-corrected chi connectivity index (χ4v) is 3.84. The van der Waals surface area contributed by atoms with Crippen LogP contribution in [0.5, 0.6) is 0 Å². The second-order valence-corrected chi connectivity index (χ2v) is 8.53. The molecule has 2 aromatic rings. The van der Waals surface area contributed by atoms with Crippen LogP contribution in [0.15, 0.2) is 60.7 Å². The Morgan fingerprint density at radius 3 is 1.59 bits per heavy atom. The van der Waals surface area contributed by atoms with Crippen LogP contribution in [-0.4, -0.2) is 56.5 Å². The van der Waals surface area contributed by atoms with Crippen LogP contribution in [0.25, 0.3) is 0 Å². The summed E-state index contributed by atoms with van der Waals surface area (Å²) in [5.41, 5.74) is 2.72. The Morgan fingerprint density at radius 2 is 1.21 bits per heavy atom. The SMILES string of the molecule is CC.CCCCOC1CN(C(c2ccccc2)c2ccccc2)C1.CCCCOC1CNC1.Cl. The minimum atomic E-state index is 0. The van der Waals surface area contributed by atoms with Crippen LogP contribution < -0.4 is 5.32 Å². The lowest BCUT2D eigenvalue weighted by molar-refractivity contribution is -0.0670. The summed E-state index contributed by atoms with van der Waals surface area (Å²) in [6, 6.07) is 21.9. The number of nitrogens with one attached hydrogen (secondary N) is 1.